The van der Waals surface area contributed by atoms with Gasteiger partial charge in [-0.2, -0.15) is 0 Å². The van der Waals surface area contributed by atoms with Gasteiger partial charge in [-0.15, -0.1) is 12.4 Å². The molecule has 0 bridgehead atoms. The molecule has 0 aromatic heterocycles. The van der Waals surface area contributed by atoms with E-state index in [2.05, 4.69) is 5.32 Å². The number of hydrogen-bond acceptors (Lipinski definition) is 4. The Hall–Kier alpha value is -2.76. The van der Waals surface area contributed by atoms with Crippen LogP contribution in [-0.4, -0.2) is 13.7 Å². The molecular formula is C24H27ClFNO3. The van der Waals surface area contributed by atoms with Crippen LogP contribution in [0.1, 0.15) is 23.6 Å². The molecule has 30 heavy (non-hydrogen) atoms. The summed E-state index contributed by atoms with van der Waals surface area (Å²) >= 11 is 0. The van der Waals surface area contributed by atoms with Gasteiger partial charge in [0.15, 0.2) is 11.5 Å². The van der Waals surface area contributed by atoms with Gasteiger partial charge in [0, 0.05) is 29.8 Å². The Kier molecular flexibility index (Phi) is 9.45. The molecule has 0 unspecified atom stereocenters. The maximum absolute atomic E-state index is 14.0. The topological polar surface area (TPSA) is 39.7 Å². The highest BCUT2D eigenvalue weighted by Crippen LogP contribution is 2.32. The summed E-state index contributed by atoms with van der Waals surface area (Å²) in [5.74, 6) is 1.85. The Morgan fingerprint density at radius 2 is 1.40 bits per heavy atom. The zero-order valence-electron chi connectivity index (χ0n) is 17.2. The Bertz CT molecular complexity index is 936. The van der Waals surface area contributed by atoms with Crippen LogP contribution in [0.15, 0.2) is 66.7 Å². The average Bonchev–Trinajstić information content (AvgIpc) is 2.75. The molecule has 0 radical (unpaired) electrons. The predicted octanol–water partition coefficient (Wildman–Crippen LogP) is 5.52. The van der Waals surface area contributed by atoms with E-state index in [1.165, 1.54) is 6.07 Å². The van der Waals surface area contributed by atoms with Crippen LogP contribution >= 0.6 is 12.4 Å². The molecule has 0 saturated heterocycles. The molecule has 0 spiro atoms. The van der Waals surface area contributed by atoms with Crippen molar-refractivity contribution in [2.45, 2.75) is 26.6 Å². The molecule has 0 aliphatic heterocycles. The summed E-state index contributed by atoms with van der Waals surface area (Å²) in [5.41, 5.74) is 2.53. The Balaban J connectivity index is 0.00000320. The first-order valence-electron chi connectivity index (χ1n) is 9.66. The van der Waals surface area contributed by atoms with E-state index in [0.717, 1.165) is 16.9 Å². The third-order valence-electron chi connectivity index (χ3n) is 4.51. The maximum atomic E-state index is 14.0. The number of nitrogens with one attached hydrogen (secondary N) is 1. The summed E-state index contributed by atoms with van der Waals surface area (Å²) < 4.78 is 31.1. The molecule has 0 amide bonds. The van der Waals surface area contributed by atoms with Crippen LogP contribution in [0.25, 0.3) is 0 Å². The summed E-state index contributed by atoms with van der Waals surface area (Å²) in [6, 6.07) is 20.3. The molecule has 160 valence electrons. The Morgan fingerprint density at radius 1 is 0.767 bits per heavy atom. The maximum Gasteiger partial charge on any atom is 0.166 e. The first-order valence-corrected chi connectivity index (χ1v) is 9.66. The molecule has 1 N–H and O–H groups in total. The summed E-state index contributed by atoms with van der Waals surface area (Å²) in [6.45, 7) is 3.80. The van der Waals surface area contributed by atoms with E-state index in [4.69, 9.17) is 14.2 Å². The van der Waals surface area contributed by atoms with Gasteiger partial charge in [0.2, 0.25) is 0 Å². The van der Waals surface area contributed by atoms with Crippen LogP contribution in [0.5, 0.6) is 17.2 Å². The number of rotatable bonds is 10. The van der Waals surface area contributed by atoms with Gasteiger partial charge in [0.05, 0.1) is 13.7 Å². The molecule has 3 aromatic carbocycles. The van der Waals surface area contributed by atoms with Gasteiger partial charge in [-0.1, -0.05) is 48.5 Å². The van der Waals surface area contributed by atoms with Crippen LogP contribution in [0.3, 0.4) is 0 Å². The SMILES string of the molecule is CCOc1cccc(CNCc2ccccc2OC)c1OCc1ccccc1F.Cl. The average molecular weight is 432 g/mol. The lowest BCUT2D eigenvalue weighted by Crippen LogP contribution is -2.15. The number of ether oxygens (including phenoxy) is 3. The van der Waals surface area contributed by atoms with Crippen molar-refractivity contribution >= 4 is 12.4 Å². The highest BCUT2D eigenvalue weighted by Gasteiger charge is 2.13. The second-order valence-electron chi connectivity index (χ2n) is 6.47. The Morgan fingerprint density at radius 3 is 2.13 bits per heavy atom. The molecule has 0 aliphatic rings. The van der Waals surface area contributed by atoms with E-state index in [0.29, 0.717) is 36.8 Å². The van der Waals surface area contributed by atoms with Crippen LogP contribution in [-0.2, 0) is 19.7 Å². The van der Waals surface area contributed by atoms with Gasteiger partial charge in [-0.3, -0.25) is 0 Å². The first kappa shape index (κ1) is 23.5. The standard InChI is InChI=1S/C24H26FNO3.ClH/c1-3-28-23-14-8-11-19(16-26-15-18-9-5-7-13-22(18)27-2)24(23)29-17-20-10-4-6-12-21(20)25;/h4-14,26H,3,15-17H2,1-2H3;1H. The van der Waals surface area contributed by atoms with Gasteiger partial charge in [-0.25, -0.2) is 4.39 Å². The fraction of sp³-hybridized carbons (Fsp3) is 0.250. The number of hydrogen-bond donors (Lipinski definition) is 1. The molecule has 0 atom stereocenters. The third kappa shape index (κ3) is 6.12. The summed E-state index contributed by atoms with van der Waals surface area (Å²) in [5, 5.41) is 3.42. The fourth-order valence-electron chi connectivity index (χ4n) is 3.08. The lowest BCUT2D eigenvalue weighted by molar-refractivity contribution is 0.262. The summed E-state index contributed by atoms with van der Waals surface area (Å²) in [6.07, 6.45) is 0. The minimum absolute atomic E-state index is 0. The predicted molar refractivity (Wildman–Crippen MR) is 119 cm³/mol. The molecule has 0 fully saturated rings. The molecule has 3 rings (SSSR count). The van der Waals surface area contributed by atoms with E-state index in [9.17, 15) is 4.39 Å². The molecule has 3 aromatic rings. The number of para-hydroxylation sites is 2. The van der Waals surface area contributed by atoms with Crippen LogP contribution in [0.4, 0.5) is 4.39 Å². The van der Waals surface area contributed by atoms with Crippen molar-refractivity contribution in [2.24, 2.45) is 0 Å². The van der Waals surface area contributed by atoms with Gasteiger partial charge in [-0.05, 0) is 25.1 Å². The van der Waals surface area contributed by atoms with E-state index >= 15 is 0 Å². The normalized spacial score (nSPS) is 10.2. The second-order valence-corrected chi connectivity index (χ2v) is 6.47. The number of methoxy groups -OCH3 is 1. The van der Waals surface area contributed by atoms with Crippen LogP contribution in [0, 0.1) is 5.82 Å². The fourth-order valence-corrected chi connectivity index (χ4v) is 3.08. The van der Waals surface area contributed by atoms with E-state index in [1.807, 2.05) is 49.4 Å². The van der Waals surface area contributed by atoms with E-state index in [1.54, 1.807) is 25.3 Å². The van der Waals surface area contributed by atoms with Crippen LogP contribution in [0.2, 0.25) is 0 Å². The van der Waals surface area contributed by atoms with Crippen molar-refractivity contribution in [1.29, 1.82) is 0 Å². The molecule has 6 heteroatoms. The number of halogens is 2. The second kappa shape index (κ2) is 12.1. The van der Waals surface area contributed by atoms with Crippen LogP contribution < -0.4 is 19.5 Å². The van der Waals surface area contributed by atoms with Crippen molar-refractivity contribution in [3.8, 4) is 17.2 Å². The summed E-state index contributed by atoms with van der Waals surface area (Å²) in [7, 11) is 1.67. The third-order valence-corrected chi connectivity index (χ3v) is 4.51. The van der Waals surface area contributed by atoms with Gasteiger partial charge < -0.3 is 19.5 Å². The molecule has 0 aliphatic carbocycles. The van der Waals surface area contributed by atoms with Crippen molar-refractivity contribution in [3.63, 3.8) is 0 Å². The minimum Gasteiger partial charge on any atom is -0.496 e. The van der Waals surface area contributed by atoms with Gasteiger partial charge in [0.1, 0.15) is 18.2 Å². The quantitative estimate of drug-likeness (QED) is 0.458. The number of benzene rings is 3. The van der Waals surface area contributed by atoms with E-state index < -0.39 is 0 Å². The molecule has 0 heterocycles. The monoisotopic (exact) mass is 431 g/mol. The molecule has 4 nitrogen and oxygen atoms in total. The van der Waals surface area contributed by atoms with Crippen molar-refractivity contribution in [3.05, 3.63) is 89.2 Å². The minimum atomic E-state index is -0.280. The lowest BCUT2D eigenvalue weighted by Gasteiger charge is -2.17. The van der Waals surface area contributed by atoms with Gasteiger partial charge >= 0.3 is 0 Å². The highest BCUT2D eigenvalue weighted by molar-refractivity contribution is 5.85. The van der Waals surface area contributed by atoms with Crippen molar-refractivity contribution in [2.75, 3.05) is 13.7 Å². The summed E-state index contributed by atoms with van der Waals surface area (Å²) in [4.78, 5) is 0. The first-order chi connectivity index (χ1) is 14.2. The zero-order chi connectivity index (χ0) is 20.5. The molecule has 0 saturated carbocycles. The van der Waals surface area contributed by atoms with Crippen molar-refractivity contribution < 1.29 is 18.6 Å². The van der Waals surface area contributed by atoms with Crippen molar-refractivity contribution in [1.82, 2.24) is 5.32 Å². The smallest absolute Gasteiger partial charge is 0.166 e. The Labute approximate surface area is 183 Å². The van der Waals surface area contributed by atoms with E-state index in [-0.39, 0.29) is 24.8 Å². The van der Waals surface area contributed by atoms with Gasteiger partial charge in [0.25, 0.3) is 0 Å². The zero-order valence-corrected chi connectivity index (χ0v) is 18.0. The molecular weight excluding hydrogens is 405 g/mol. The lowest BCUT2D eigenvalue weighted by atomic mass is 10.1. The largest absolute Gasteiger partial charge is 0.496 e. The highest BCUT2D eigenvalue weighted by atomic mass is 35.5.